The zero-order valence-electron chi connectivity index (χ0n) is 17.3. The van der Waals surface area contributed by atoms with E-state index in [2.05, 4.69) is 10.3 Å². The van der Waals surface area contributed by atoms with E-state index in [9.17, 15) is 23.2 Å². The number of para-hydroxylation sites is 1. The lowest BCUT2D eigenvalue weighted by Gasteiger charge is -2.11. The molecular formula is C24H17F2N3O4. The first kappa shape index (κ1) is 21.8. The maximum absolute atomic E-state index is 13.6. The number of halogens is 2. The van der Waals surface area contributed by atoms with Crippen molar-refractivity contribution in [3.8, 4) is 5.69 Å². The van der Waals surface area contributed by atoms with E-state index in [0.717, 1.165) is 18.2 Å². The third-order valence-electron chi connectivity index (χ3n) is 4.84. The Morgan fingerprint density at radius 1 is 1.03 bits per heavy atom. The highest BCUT2D eigenvalue weighted by Gasteiger charge is 2.14. The highest BCUT2D eigenvalue weighted by molar-refractivity contribution is 5.95. The van der Waals surface area contributed by atoms with E-state index in [-0.39, 0.29) is 16.8 Å². The molecule has 0 atom stereocenters. The molecule has 3 aromatic carbocycles. The monoisotopic (exact) mass is 449 g/mol. The number of aromatic nitrogens is 2. The summed E-state index contributed by atoms with van der Waals surface area (Å²) in [7, 11) is 0. The normalized spacial score (nSPS) is 10.8. The average molecular weight is 449 g/mol. The van der Waals surface area contributed by atoms with Crippen LogP contribution in [0.5, 0.6) is 0 Å². The molecule has 0 bridgehead atoms. The van der Waals surface area contributed by atoms with Gasteiger partial charge in [0.25, 0.3) is 11.5 Å². The first-order valence-corrected chi connectivity index (χ1v) is 9.84. The van der Waals surface area contributed by atoms with Crippen LogP contribution in [0.2, 0.25) is 0 Å². The number of carbonyl (C=O) groups is 2. The molecule has 33 heavy (non-hydrogen) atoms. The summed E-state index contributed by atoms with van der Waals surface area (Å²) in [5, 5.41) is 2.60. The molecule has 0 saturated heterocycles. The van der Waals surface area contributed by atoms with Crippen LogP contribution in [-0.4, -0.2) is 28.0 Å². The lowest BCUT2D eigenvalue weighted by molar-refractivity contribution is -0.119. The Kier molecular flexibility index (Phi) is 5.95. The molecule has 1 N–H and O–H groups in total. The maximum Gasteiger partial charge on any atom is 0.338 e. The number of hydrogen-bond acceptors (Lipinski definition) is 5. The number of anilines is 1. The molecule has 4 aromatic rings. The van der Waals surface area contributed by atoms with Crippen LogP contribution >= 0.6 is 0 Å². The molecular weight excluding hydrogens is 432 g/mol. The third kappa shape index (κ3) is 4.62. The van der Waals surface area contributed by atoms with Gasteiger partial charge in [-0.25, -0.2) is 18.6 Å². The average Bonchev–Trinajstić information content (AvgIpc) is 2.80. The number of hydrogen-bond donors (Lipinski definition) is 1. The molecule has 9 heteroatoms. The van der Waals surface area contributed by atoms with Gasteiger partial charge >= 0.3 is 5.97 Å². The number of nitrogens with one attached hydrogen (secondary N) is 1. The standard InChI is InChI=1S/C24H17F2N3O4/c1-14-27-20-5-3-2-4-18(20)23(31)29(14)17-9-6-15(7-10-17)24(32)33-13-22(30)28-21-12-16(25)8-11-19(21)26/h2-12H,13H2,1H3,(H,28,30). The maximum atomic E-state index is 13.6. The highest BCUT2D eigenvalue weighted by Crippen LogP contribution is 2.16. The fourth-order valence-electron chi connectivity index (χ4n) is 3.29. The highest BCUT2D eigenvalue weighted by atomic mass is 19.1. The van der Waals surface area contributed by atoms with Crippen molar-refractivity contribution in [2.24, 2.45) is 0 Å². The van der Waals surface area contributed by atoms with Gasteiger partial charge in [-0.05, 0) is 55.5 Å². The minimum Gasteiger partial charge on any atom is -0.452 e. The number of ether oxygens (including phenoxy) is 1. The summed E-state index contributed by atoms with van der Waals surface area (Å²) in [5.74, 6) is -2.68. The molecule has 0 aliphatic carbocycles. The molecule has 1 heterocycles. The number of amides is 1. The summed E-state index contributed by atoms with van der Waals surface area (Å²) in [6.45, 7) is 1.01. The molecule has 0 aliphatic heterocycles. The van der Waals surface area contributed by atoms with Crippen LogP contribution in [0, 0.1) is 18.6 Å². The fraction of sp³-hybridized carbons (Fsp3) is 0.0833. The minimum absolute atomic E-state index is 0.142. The topological polar surface area (TPSA) is 90.3 Å². The summed E-state index contributed by atoms with van der Waals surface area (Å²) in [6, 6.07) is 15.6. The van der Waals surface area contributed by atoms with Gasteiger partial charge in [-0.2, -0.15) is 0 Å². The van der Waals surface area contributed by atoms with Crippen LogP contribution in [-0.2, 0) is 9.53 Å². The van der Waals surface area contributed by atoms with Gasteiger partial charge < -0.3 is 10.1 Å². The first-order valence-electron chi connectivity index (χ1n) is 9.84. The van der Waals surface area contributed by atoms with Crippen molar-refractivity contribution < 1.29 is 23.1 Å². The van der Waals surface area contributed by atoms with Crippen molar-refractivity contribution in [3.63, 3.8) is 0 Å². The van der Waals surface area contributed by atoms with Crippen molar-refractivity contribution in [2.75, 3.05) is 11.9 Å². The van der Waals surface area contributed by atoms with Crippen LogP contribution in [0.15, 0.2) is 71.5 Å². The molecule has 0 radical (unpaired) electrons. The SMILES string of the molecule is Cc1nc2ccccc2c(=O)n1-c1ccc(C(=O)OCC(=O)Nc2cc(F)ccc2F)cc1. The van der Waals surface area contributed by atoms with Crippen LogP contribution < -0.4 is 10.9 Å². The van der Waals surface area contributed by atoms with Gasteiger partial charge in [0.05, 0.1) is 27.8 Å². The Hall–Kier alpha value is -4.40. The van der Waals surface area contributed by atoms with Gasteiger partial charge in [0.15, 0.2) is 6.61 Å². The van der Waals surface area contributed by atoms with Crippen LogP contribution in [0.25, 0.3) is 16.6 Å². The van der Waals surface area contributed by atoms with Crippen molar-refractivity contribution >= 4 is 28.5 Å². The first-order chi connectivity index (χ1) is 15.8. The van der Waals surface area contributed by atoms with Gasteiger partial charge in [-0.1, -0.05) is 12.1 Å². The number of fused-ring (bicyclic) bond motifs is 1. The van der Waals surface area contributed by atoms with Gasteiger partial charge in [-0.3, -0.25) is 14.2 Å². The Morgan fingerprint density at radius 3 is 2.52 bits per heavy atom. The van der Waals surface area contributed by atoms with Crippen molar-refractivity contribution in [1.29, 1.82) is 0 Å². The van der Waals surface area contributed by atoms with Gasteiger partial charge in [0.1, 0.15) is 17.5 Å². The molecule has 0 saturated carbocycles. The zero-order valence-corrected chi connectivity index (χ0v) is 17.3. The van der Waals surface area contributed by atoms with Gasteiger partial charge in [0.2, 0.25) is 0 Å². The van der Waals surface area contributed by atoms with E-state index in [0.29, 0.717) is 22.4 Å². The van der Waals surface area contributed by atoms with Gasteiger partial charge in [-0.15, -0.1) is 0 Å². The molecule has 4 rings (SSSR count). The molecule has 0 spiro atoms. The Bertz CT molecular complexity index is 1430. The molecule has 166 valence electrons. The lowest BCUT2D eigenvalue weighted by Crippen LogP contribution is -2.23. The van der Waals surface area contributed by atoms with Crippen molar-refractivity contribution in [3.05, 3.63) is 100 Å². The van der Waals surface area contributed by atoms with Crippen LogP contribution in [0.3, 0.4) is 0 Å². The van der Waals surface area contributed by atoms with E-state index in [1.165, 1.54) is 16.7 Å². The Morgan fingerprint density at radius 2 is 1.76 bits per heavy atom. The van der Waals surface area contributed by atoms with E-state index >= 15 is 0 Å². The predicted molar refractivity (Wildman–Crippen MR) is 117 cm³/mol. The number of esters is 1. The summed E-state index contributed by atoms with van der Waals surface area (Å²) in [5.41, 5.74) is 0.641. The summed E-state index contributed by atoms with van der Waals surface area (Å²) < 4.78 is 33.1. The third-order valence-corrected chi connectivity index (χ3v) is 4.84. The number of aryl methyl sites for hydroxylation is 1. The number of nitrogens with zero attached hydrogens (tertiary/aromatic N) is 2. The Labute approximate surface area is 186 Å². The molecule has 0 aliphatic rings. The van der Waals surface area contributed by atoms with E-state index in [4.69, 9.17) is 4.74 Å². The number of rotatable bonds is 5. The zero-order chi connectivity index (χ0) is 23.5. The molecule has 1 aromatic heterocycles. The fourth-order valence-corrected chi connectivity index (χ4v) is 3.29. The second-order valence-electron chi connectivity index (χ2n) is 7.11. The lowest BCUT2D eigenvalue weighted by atomic mass is 10.2. The van der Waals surface area contributed by atoms with Crippen LogP contribution in [0.1, 0.15) is 16.2 Å². The van der Waals surface area contributed by atoms with Crippen molar-refractivity contribution in [1.82, 2.24) is 9.55 Å². The molecule has 7 nitrogen and oxygen atoms in total. The predicted octanol–water partition coefficient (Wildman–Crippen LogP) is 3.77. The second-order valence-corrected chi connectivity index (χ2v) is 7.11. The summed E-state index contributed by atoms with van der Waals surface area (Å²) in [6.07, 6.45) is 0. The van der Waals surface area contributed by atoms with E-state index in [1.54, 1.807) is 43.3 Å². The minimum atomic E-state index is -0.825. The smallest absolute Gasteiger partial charge is 0.338 e. The summed E-state index contributed by atoms with van der Waals surface area (Å²) in [4.78, 5) is 41.5. The number of benzene rings is 3. The largest absolute Gasteiger partial charge is 0.452 e. The van der Waals surface area contributed by atoms with Gasteiger partial charge in [0, 0.05) is 6.07 Å². The Balaban J connectivity index is 1.46. The van der Waals surface area contributed by atoms with Crippen molar-refractivity contribution in [2.45, 2.75) is 6.92 Å². The quantitative estimate of drug-likeness (QED) is 0.469. The molecule has 0 fully saturated rings. The van der Waals surface area contributed by atoms with Crippen LogP contribution in [0.4, 0.5) is 14.5 Å². The number of carbonyl (C=O) groups excluding carboxylic acids is 2. The second kappa shape index (κ2) is 8.99. The molecule has 0 unspecified atom stereocenters. The summed E-state index contributed by atoms with van der Waals surface area (Å²) >= 11 is 0. The van der Waals surface area contributed by atoms with E-state index < -0.39 is 30.1 Å². The van der Waals surface area contributed by atoms with E-state index in [1.807, 2.05) is 0 Å². The molecule has 1 amide bonds.